The van der Waals surface area contributed by atoms with Crippen LogP contribution in [-0.4, -0.2) is 71.8 Å². The lowest BCUT2D eigenvalue weighted by Gasteiger charge is -2.33. The number of aliphatic hydroxyl groups excluding tert-OH is 1. The number of piperazine rings is 1. The Kier molecular flexibility index (Phi) is 3.92. The van der Waals surface area contributed by atoms with Crippen LogP contribution >= 0.6 is 0 Å². The lowest BCUT2D eigenvalue weighted by molar-refractivity contribution is -0.129. The zero-order valence-electron chi connectivity index (χ0n) is 12.3. The number of aromatic nitrogens is 2. The molecular weight excluding hydrogens is 270 g/mol. The highest BCUT2D eigenvalue weighted by atomic mass is 16.3. The van der Waals surface area contributed by atoms with Gasteiger partial charge in [0.1, 0.15) is 18.0 Å². The number of hydrogen-bond donors (Lipinski definition) is 1. The van der Waals surface area contributed by atoms with Crippen molar-refractivity contribution in [1.82, 2.24) is 14.9 Å². The summed E-state index contributed by atoms with van der Waals surface area (Å²) in [6, 6.07) is 2.06. The number of carbonyl (C=O) groups excluding carboxylic acids is 1. The normalized spacial score (nSPS) is 23.0. The first-order chi connectivity index (χ1) is 10.2. The van der Waals surface area contributed by atoms with Crippen LogP contribution in [0.15, 0.2) is 12.4 Å². The zero-order valence-corrected chi connectivity index (χ0v) is 12.3. The van der Waals surface area contributed by atoms with Crippen molar-refractivity contribution < 1.29 is 9.90 Å². The number of aliphatic hydroxyl groups is 1. The average Bonchev–Trinajstić information content (AvgIpc) is 2.99. The third-order valence-electron chi connectivity index (χ3n) is 4.30. The average molecular weight is 291 g/mol. The molecule has 0 radical (unpaired) electrons. The Hall–Kier alpha value is -1.89. The highest BCUT2D eigenvalue weighted by Crippen LogP contribution is 2.26. The maximum absolute atomic E-state index is 11.8. The van der Waals surface area contributed by atoms with Gasteiger partial charge >= 0.3 is 0 Å². The van der Waals surface area contributed by atoms with Crippen LogP contribution in [0.5, 0.6) is 0 Å². The minimum absolute atomic E-state index is 0.107. The Balaban J connectivity index is 1.78. The SMILES string of the molecule is CN1CCN(c2cc(N3CCC[C@@H]3CO)ncn2)CC1=O. The van der Waals surface area contributed by atoms with Gasteiger partial charge in [-0.05, 0) is 12.8 Å². The zero-order chi connectivity index (χ0) is 14.8. The molecule has 2 aliphatic heterocycles. The van der Waals surface area contributed by atoms with Gasteiger partial charge in [-0.2, -0.15) is 0 Å². The molecule has 2 aliphatic rings. The summed E-state index contributed by atoms with van der Waals surface area (Å²) < 4.78 is 0. The van der Waals surface area contributed by atoms with Crippen molar-refractivity contribution in [3.8, 4) is 0 Å². The van der Waals surface area contributed by atoms with Gasteiger partial charge in [-0.25, -0.2) is 9.97 Å². The predicted octanol–water partition coefficient (Wildman–Crippen LogP) is -0.284. The molecule has 1 aromatic rings. The number of likely N-dealkylation sites (N-methyl/N-ethyl adjacent to an activating group) is 1. The van der Waals surface area contributed by atoms with Crippen molar-refractivity contribution in [2.24, 2.45) is 0 Å². The molecule has 2 fully saturated rings. The Morgan fingerprint density at radius 2 is 2.10 bits per heavy atom. The quantitative estimate of drug-likeness (QED) is 0.825. The molecule has 0 saturated carbocycles. The smallest absolute Gasteiger partial charge is 0.241 e. The van der Waals surface area contributed by atoms with Gasteiger partial charge in [0.25, 0.3) is 0 Å². The van der Waals surface area contributed by atoms with E-state index in [0.717, 1.165) is 37.6 Å². The van der Waals surface area contributed by atoms with Crippen LogP contribution in [0.4, 0.5) is 11.6 Å². The molecule has 2 saturated heterocycles. The number of anilines is 2. The topological polar surface area (TPSA) is 72.8 Å². The summed E-state index contributed by atoms with van der Waals surface area (Å²) in [5.74, 6) is 1.73. The minimum atomic E-state index is 0.107. The number of carbonyl (C=O) groups is 1. The Morgan fingerprint density at radius 3 is 2.86 bits per heavy atom. The van der Waals surface area contributed by atoms with E-state index in [0.29, 0.717) is 13.1 Å². The fourth-order valence-electron chi connectivity index (χ4n) is 2.95. The van der Waals surface area contributed by atoms with Crippen molar-refractivity contribution in [2.45, 2.75) is 18.9 Å². The summed E-state index contributed by atoms with van der Waals surface area (Å²) in [4.78, 5) is 26.3. The first-order valence-corrected chi connectivity index (χ1v) is 7.37. The van der Waals surface area contributed by atoms with Gasteiger partial charge in [-0.15, -0.1) is 0 Å². The molecule has 114 valence electrons. The maximum atomic E-state index is 11.8. The van der Waals surface area contributed by atoms with E-state index in [1.165, 1.54) is 0 Å². The summed E-state index contributed by atoms with van der Waals surface area (Å²) in [5, 5.41) is 9.43. The molecule has 21 heavy (non-hydrogen) atoms. The first-order valence-electron chi connectivity index (χ1n) is 7.37. The van der Waals surface area contributed by atoms with Crippen molar-refractivity contribution in [2.75, 3.05) is 49.6 Å². The maximum Gasteiger partial charge on any atom is 0.241 e. The summed E-state index contributed by atoms with van der Waals surface area (Å²) in [5.41, 5.74) is 0. The summed E-state index contributed by atoms with van der Waals surface area (Å²) in [6.45, 7) is 2.90. The summed E-state index contributed by atoms with van der Waals surface area (Å²) >= 11 is 0. The minimum Gasteiger partial charge on any atom is -0.394 e. The molecule has 7 nitrogen and oxygen atoms in total. The molecule has 1 aromatic heterocycles. The van der Waals surface area contributed by atoms with E-state index in [-0.39, 0.29) is 18.6 Å². The fraction of sp³-hybridized carbons (Fsp3) is 0.643. The number of amides is 1. The van der Waals surface area contributed by atoms with Gasteiger partial charge in [-0.1, -0.05) is 0 Å². The second-order valence-electron chi connectivity index (χ2n) is 5.64. The third-order valence-corrected chi connectivity index (χ3v) is 4.30. The number of hydrogen-bond acceptors (Lipinski definition) is 6. The number of nitrogens with zero attached hydrogens (tertiary/aromatic N) is 5. The molecule has 7 heteroatoms. The molecule has 0 aliphatic carbocycles. The van der Waals surface area contributed by atoms with Crippen LogP contribution in [-0.2, 0) is 4.79 Å². The van der Waals surface area contributed by atoms with Crippen LogP contribution in [0.1, 0.15) is 12.8 Å². The molecule has 0 unspecified atom stereocenters. The van der Waals surface area contributed by atoms with Crippen LogP contribution in [0.2, 0.25) is 0 Å². The lowest BCUT2D eigenvalue weighted by atomic mass is 10.2. The highest BCUT2D eigenvalue weighted by Gasteiger charge is 2.27. The summed E-state index contributed by atoms with van der Waals surface area (Å²) in [6.07, 6.45) is 3.60. The second kappa shape index (κ2) is 5.85. The molecule has 3 heterocycles. The molecule has 1 atom stereocenters. The van der Waals surface area contributed by atoms with Gasteiger partial charge in [-0.3, -0.25) is 4.79 Å². The van der Waals surface area contributed by atoms with E-state index in [1.54, 1.807) is 11.2 Å². The van der Waals surface area contributed by atoms with Gasteiger partial charge in [0.15, 0.2) is 0 Å². The van der Waals surface area contributed by atoms with E-state index in [9.17, 15) is 9.90 Å². The Labute approximate surface area is 124 Å². The van der Waals surface area contributed by atoms with Crippen molar-refractivity contribution in [1.29, 1.82) is 0 Å². The van der Waals surface area contributed by atoms with Crippen LogP contribution < -0.4 is 9.80 Å². The molecular formula is C14H21N5O2. The van der Waals surface area contributed by atoms with E-state index < -0.39 is 0 Å². The fourth-order valence-corrected chi connectivity index (χ4v) is 2.95. The van der Waals surface area contributed by atoms with Crippen LogP contribution in [0.25, 0.3) is 0 Å². The molecule has 0 aromatic carbocycles. The second-order valence-corrected chi connectivity index (χ2v) is 5.64. The van der Waals surface area contributed by atoms with E-state index in [2.05, 4.69) is 14.9 Å². The van der Waals surface area contributed by atoms with E-state index in [1.807, 2.05) is 18.0 Å². The van der Waals surface area contributed by atoms with Gasteiger partial charge in [0, 0.05) is 32.7 Å². The molecule has 1 N–H and O–H groups in total. The molecule has 3 rings (SSSR count). The predicted molar refractivity (Wildman–Crippen MR) is 79.3 cm³/mol. The standard InChI is InChI=1S/C14H21N5O2/c1-17-5-6-18(8-14(17)21)12-7-13(16-10-15-12)19-4-2-3-11(19)9-20/h7,10-11,20H,2-6,8-9H2,1H3/t11-/m1/s1. The van der Waals surface area contributed by atoms with Gasteiger partial charge in [0.2, 0.25) is 5.91 Å². The highest BCUT2D eigenvalue weighted by molar-refractivity contribution is 5.82. The van der Waals surface area contributed by atoms with Gasteiger partial charge in [0.05, 0.1) is 19.2 Å². The molecule has 1 amide bonds. The van der Waals surface area contributed by atoms with Crippen molar-refractivity contribution >= 4 is 17.5 Å². The Morgan fingerprint density at radius 1 is 1.29 bits per heavy atom. The first kappa shape index (κ1) is 14.1. The monoisotopic (exact) mass is 291 g/mol. The number of rotatable bonds is 3. The lowest BCUT2D eigenvalue weighted by Crippen LogP contribution is -2.48. The largest absolute Gasteiger partial charge is 0.394 e. The molecule has 0 spiro atoms. The van der Waals surface area contributed by atoms with Crippen LogP contribution in [0.3, 0.4) is 0 Å². The molecule has 0 bridgehead atoms. The van der Waals surface area contributed by atoms with E-state index >= 15 is 0 Å². The summed E-state index contributed by atoms with van der Waals surface area (Å²) in [7, 11) is 1.82. The van der Waals surface area contributed by atoms with Gasteiger partial charge < -0.3 is 19.8 Å². The third kappa shape index (κ3) is 2.78. The van der Waals surface area contributed by atoms with Crippen molar-refractivity contribution in [3.05, 3.63) is 12.4 Å². The van der Waals surface area contributed by atoms with Crippen molar-refractivity contribution in [3.63, 3.8) is 0 Å². The van der Waals surface area contributed by atoms with E-state index in [4.69, 9.17) is 0 Å². The van der Waals surface area contributed by atoms with Crippen LogP contribution in [0, 0.1) is 0 Å². The Bertz CT molecular complexity index is 524.